The second-order valence-corrected chi connectivity index (χ2v) is 4.46. The molecule has 1 aliphatic heterocycles. The summed E-state index contributed by atoms with van der Waals surface area (Å²) in [5.41, 5.74) is 0.777. The van der Waals surface area contributed by atoms with Crippen molar-refractivity contribution in [3.8, 4) is 22.9 Å². The highest BCUT2D eigenvalue weighted by Gasteiger charge is 2.23. The van der Waals surface area contributed by atoms with Crippen LogP contribution in [0, 0.1) is 0 Å². The normalized spacial score (nSPS) is 18.5. The van der Waals surface area contributed by atoms with Gasteiger partial charge in [-0.25, -0.2) is 0 Å². The van der Waals surface area contributed by atoms with Crippen LogP contribution in [-0.4, -0.2) is 44.2 Å². The molecule has 0 spiro atoms. The van der Waals surface area contributed by atoms with Gasteiger partial charge in [-0.15, -0.1) is 0 Å². The van der Waals surface area contributed by atoms with Gasteiger partial charge in [0.2, 0.25) is 5.82 Å². The van der Waals surface area contributed by atoms with E-state index < -0.39 is 0 Å². The molecule has 0 unspecified atom stereocenters. The van der Waals surface area contributed by atoms with Crippen molar-refractivity contribution in [2.75, 3.05) is 34.0 Å². The van der Waals surface area contributed by atoms with Crippen molar-refractivity contribution in [1.82, 2.24) is 10.1 Å². The molecule has 2 aromatic rings. The number of nitrogens with zero attached hydrogens (tertiary/aromatic N) is 2. The Labute approximate surface area is 121 Å². The van der Waals surface area contributed by atoms with E-state index in [1.165, 1.54) is 0 Å². The Hall–Kier alpha value is -2.12. The Kier molecular flexibility index (Phi) is 4.03. The third-order valence-corrected chi connectivity index (χ3v) is 3.17. The molecule has 0 N–H and O–H groups in total. The first-order valence-corrected chi connectivity index (χ1v) is 6.57. The molecule has 1 saturated heterocycles. The quantitative estimate of drug-likeness (QED) is 0.851. The molecular weight excluding hydrogens is 276 g/mol. The fourth-order valence-corrected chi connectivity index (χ4v) is 2.09. The summed E-state index contributed by atoms with van der Waals surface area (Å²) in [6, 6.07) is 5.43. The Morgan fingerprint density at radius 1 is 1.14 bits per heavy atom. The summed E-state index contributed by atoms with van der Waals surface area (Å²) in [4.78, 5) is 4.36. The van der Waals surface area contributed by atoms with E-state index in [2.05, 4.69) is 10.1 Å². The minimum atomic E-state index is -0.305. The molecule has 1 fully saturated rings. The molecule has 1 aromatic heterocycles. The van der Waals surface area contributed by atoms with Gasteiger partial charge in [-0.2, -0.15) is 4.98 Å². The fourth-order valence-electron chi connectivity index (χ4n) is 2.09. The summed E-state index contributed by atoms with van der Waals surface area (Å²) in [6.45, 7) is 1.54. The lowest BCUT2D eigenvalue weighted by Gasteiger charge is -2.19. The first kappa shape index (κ1) is 13.8. The molecule has 0 amide bonds. The predicted octanol–water partition coefficient (Wildman–Crippen LogP) is 1.84. The van der Waals surface area contributed by atoms with Gasteiger partial charge in [-0.3, -0.25) is 0 Å². The second-order valence-electron chi connectivity index (χ2n) is 4.46. The van der Waals surface area contributed by atoms with E-state index in [4.69, 9.17) is 23.5 Å². The standard InChI is InChI=1S/C14H16N2O5/c1-17-10-4-3-9(7-11(10)18-2)13-15-14(21-16-13)12-8-19-5-6-20-12/h3-4,7,12H,5-6,8H2,1-2H3/t12-/m0/s1. The monoisotopic (exact) mass is 292 g/mol. The van der Waals surface area contributed by atoms with Gasteiger partial charge >= 0.3 is 0 Å². The van der Waals surface area contributed by atoms with E-state index in [-0.39, 0.29) is 6.10 Å². The van der Waals surface area contributed by atoms with Gasteiger partial charge in [0.05, 0.1) is 34.0 Å². The zero-order valence-electron chi connectivity index (χ0n) is 11.9. The maximum atomic E-state index is 5.53. The number of hydrogen-bond acceptors (Lipinski definition) is 7. The molecule has 1 aliphatic rings. The van der Waals surface area contributed by atoms with Crippen LogP contribution in [-0.2, 0) is 9.47 Å². The first-order valence-electron chi connectivity index (χ1n) is 6.57. The lowest BCUT2D eigenvalue weighted by molar-refractivity contribution is -0.101. The third kappa shape index (κ3) is 2.84. The zero-order valence-corrected chi connectivity index (χ0v) is 11.9. The number of aromatic nitrogens is 2. The zero-order chi connectivity index (χ0) is 14.7. The van der Waals surface area contributed by atoms with Crippen LogP contribution in [0.4, 0.5) is 0 Å². The number of ether oxygens (including phenoxy) is 4. The number of rotatable bonds is 4. The first-order chi connectivity index (χ1) is 10.3. The molecule has 0 aliphatic carbocycles. The maximum absolute atomic E-state index is 5.53. The summed E-state index contributed by atoms with van der Waals surface area (Å²) in [5, 5.41) is 3.97. The van der Waals surface area contributed by atoms with E-state index >= 15 is 0 Å². The number of hydrogen-bond donors (Lipinski definition) is 0. The highest BCUT2D eigenvalue weighted by Crippen LogP contribution is 2.31. The molecule has 1 atom stereocenters. The Morgan fingerprint density at radius 3 is 2.71 bits per heavy atom. The van der Waals surface area contributed by atoms with Crippen LogP contribution in [0.3, 0.4) is 0 Å². The van der Waals surface area contributed by atoms with Crippen molar-refractivity contribution in [2.24, 2.45) is 0 Å². The Bertz CT molecular complexity index is 607. The van der Waals surface area contributed by atoms with Crippen molar-refractivity contribution < 1.29 is 23.5 Å². The topological polar surface area (TPSA) is 75.8 Å². The minimum absolute atomic E-state index is 0.305. The highest BCUT2D eigenvalue weighted by atomic mass is 16.6. The molecular formula is C14H16N2O5. The lowest BCUT2D eigenvalue weighted by atomic mass is 10.2. The van der Waals surface area contributed by atoms with Crippen LogP contribution in [0.25, 0.3) is 11.4 Å². The average molecular weight is 292 g/mol. The number of methoxy groups -OCH3 is 2. The maximum Gasteiger partial charge on any atom is 0.258 e. The van der Waals surface area contributed by atoms with Crippen LogP contribution in [0.5, 0.6) is 11.5 Å². The molecule has 2 heterocycles. The molecule has 0 bridgehead atoms. The van der Waals surface area contributed by atoms with Crippen LogP contribution >= 0.6 is 0 Å². The van der Waals surface area contributed by atoms with Crippen molar-refractivity contribution in [3.63, 3.8) is 0 Å². The van der Waals surface area contributed by atoms with Gasteiger partial charge in [-0.1, -0.05) is 5.16 Å². The van der Waals surface area contributed by atoms with Crippen LogP contribution in [0.15, 0.2) is 22.7 Å². The fraction of sp³-hybridized carbons (Fsp3) is 0.429. The predicted molar refractivity (Wildman–Crippen MR) is 72.4 cm³/mol. The second kappa shape index (κ2) is 6.11. The molecule has 1 aromatic carbocycles. The molecule has 3 rings (SSSR count). The van der Waals surface area contributed by atoms with Crippen LogP contribution in [0.1, 0.15) is 12.0 Å². The SMILES string of the molecule is COc1ccc(-c2noc([C@@H]3COCCO3)n2)cc1OC. The Morgan fingerprint density at radius 2 is 2.00 bits per heavy atom. The molecule has 21 heavy (non-hydrogen) atoms. The number of benzene rings is 1. The Balaban J connectivity index is 1.85. The van der Waals surface area contributed by atoms with Crippen LogP contribution < -0.4 is 9.47 Å². The molecule has 0 radical (unpaired) electrons. The average Bonchev–Trinajstić information content (AvgIpc) is 3.05. The van der Waals surface area contributed by atoms with E-state index in [0.717, 1.165) is 5.56 Å². The summed E-state index contributed by atoms with van der Waals surface area (Å²) in [6.07, 6.45) is -0.305. The van der Waals surface area contributed by atoms with Gasteiger partial charge in [0.25, 0.3) is 5.89 Å². The van der Waals surface area contributed by atoms with Gasteiger partial charge in [-0.05, 0) is 18.2 Å². The van der Waals surface area contributed by atoms with Crippen molar-refractivity contribution in [2.45, 2.75) is 6.10 Å². The van der Waals surface area contributed by atoms with Gasteiger partial charge < -0.3 is 23.5 Å². The summed E-state index contributed by atoms with van der Waals surface area (Å²) in [7, 11) is 3.17. The van der Waals surface area contributed by atoms with E-state index in [0.29, 0.717) is 43.0 Å². The smallest absolute Gasteiger partial charge is 0.258 e. The van der Waals surface area contributed by atoms with E-state index in [1.54, 1.807) is 26.4 Å². The minimum Gasteiger partial charge on any atom is -0.493 e. The van der Waals surface area contributed by atoms with Gasteiger partial charge in [0.15, 0.2) is 17.6 Å². The summed E-state index contributed by atoms with van der Waals surface area (Å²) < 4.78 is 26.6. The van der Waals surface area contributed by atoms with Crippen molar-refractivity contribution in [3.05, 3.63) is 24.1 Å². The molecule has 112 valence electrons. The van der Waals surface area contributed by atoms with Crippen LogP contribution in [0.2, 0.25) is 0 Å². The largest absolute Gasteiger partial charge is 0.493 e. The van der Waals surface area contributed by atoms with Crippen molar-refractivity contribution >= 4 is 0 Å². The van der Waals surface area contributed by atoms with Crippen molar-refractivity contribution in [1.29, 1.82) is 0 Å². The molecule has 7 nitrogen and oxygen atoms in total. The van der Waals surface area contributed by atoms with E-state index in [9.17, 15) is 0 Å². The third-order valence-electron chi connectivity index (χ3n) is 3.17. The van der Waals surface area contributed by atoms with Gasteiger partial charge in [0.1, 0.15) is 0 Å². The van der Waals surface area contributed by atoms with Gasteiger partial charge in [0, 0.05) is 5.56 Å². The summed E-state index contributed by atoms with van der Waals surface area (Å²) in [5.74, 6) is 2.15. The van der Waals surface area contributed by atoms with E-state index in [1.807, 2.05) is 6.07 Å². The highest BCUT2D eigenvalue weighted by molar-refractivity contribution is 5.60. The lowest BCUT2D eigenvalue weighted by Crippen LogP contribution is -2.22. The summed E-state index contributed by atoms with van der Waals surface area (Å²) >= 11 is 0. The molecule has 0 saturated carbocycles. The molecule has 7 heteroatoms.